The van der Waals surface area contributed by atoms with E-state index in [1.165, 1.54) is 11.1 Å². The molecule has 1 aliphatic heterocycles. The maximum atomic E-state index is 13.5. The summed E-state index contributed by atoms with van der Waals surface area (Å²) in [5.74, 6) is -0.241. The lowest BCUT2D eigenvalue weighted by atomic mass is 9.83. The molecule has 0 bridgehead atoms. The van der Waals surface area contributed by atoms with Crippen molar-refractivity contribution in [3.63, 3.8) is 0 Å². The van der Waals surface area contributed by atoms with Crippen LogP contribution in [0.3, 0.4) is 0 Å². The Morgan fingerprint density at radius 3 is 2.38 bits per heavy atom. The van der Waals surface area contributed by atoms with Crippen molar-refractivity contribution < 1.29 is 14.4 Å². The normalized spacial score (nSPS) is 20.9. The van der Waals surface area contributed by atoms with Gasteiger partial charge >= 0.3 is 0 Å². The molecule has 6 heteroatoms. The molecule has 0 spiro atoms. The van der Waals surface area contributed by atoms with Gasteiger partial charge in [0.1, 0.15) is 0 Å². The van der Waals surface area contributed by atoms with Crippen LogP contribution in [0.25, 0.3) is 0 Å². The summed E-state index contributed by atoms with van der Waals surface area (Å²) in [6.45, 7) is 6.14. The van der Waals surface area contributed by atoms with Crippen LogP contribution in [-0.2, 0) is 22.6 Å². The molecule has 0 aromatic heterocycles. The van der Waals surface area contributed by atoms with E-state index in [4.69, 9.17) is 0 Å². The van der Waals surface area contributed by atoms with Crippen molar-refractivity contribution >= 4 is 17.6 Å². The Kier molecular flexibility index (Phi) is 9.51. The first-order valence-corrected chi connectivity index (χ1v) is 13.9. The highest BCUT2D eigenvalue weighted by Gasteiger charge is 2.34. The molecule has 1 aliphatic carbocycles. The van der Waals surface area contributed by atoms with Crippen molar-refractivity contribution in [1.29, 1.82) is 0 Å². The average Bonchev–Trinajstić information content (AvgIpc) is 3.10. The summed E-state index contributed by atoms with van der Waals surface area (Å²) in [7, 11) is 0. The largest absolute Gasteiger partial charge is 0.349 e. The van der Waals surface area contributed by atoms with Gasteiger partial charge in [-0.15, -0.1) is 0 Å². The highest BCUT2D eigenvalue weighted by atomic mass is 16.2. The Labute approximate surface area is 221 Å². The number of ketones is 1. The summed E-state index contributed by atoms with van der Waals surface area (Å²) in [6, 6.07) is 16.9. The lowest BCUT2D eigenvalue weighted by Gasteiger charge is -2.33. The number of carbonyl (C=O) groups excluding carboxylic acids is 3. The predicted octanol–water partition coefficient (Wildman–Crippen LogP) is 4.52. The van der Waals surface area contributed by atoms with Gasteiger partial charge in [0, 0.05) is 18.2 Å². The van der Waals surface area contributed by atoms with Gasteiger partial charge in [-0.1, -0.05) is 69.2 Å². The summed E-state index contributed by atoms with van der Waals surface area (Å²) >= 11 is 0. The molecule has 4 rings (SSSR count). The molecule has 2 aliphatic rings. The van der Waals surface area contributed by atoms with E-state index < -0.39 is 6.04 Å². The minimum absolute atomic E-state index is 0.0714. The van der Waals surface area contributed by atoms with Crippen molar-refractivity contribution in [1.82, 2.24) is 15.5 Å². The average molecular weight is 504 g/mol. The van der Waals surface area contributed by atoms with Gasteiger partial charge in [0.2, 0.25) is 5.91 Å². The first kappa shape index (κ1) is 27.1. The summed E-state index contributed by atoms with van der Waals surface area (Å²) < 4.78 is 0. The number of benzene rings is 2. The van der Waals surface area contributed by atoms with Crippen LogP contribution < -0.4 is 10.6 Å². The summed E-state index contributed by atoms with van der Waals surface area (Å²) in [6.07, 6.45) is 6.09. The van der Waals surface area contributed by atoms with Crippen molar-refractivity contribution in [3.05, 3.63) is 71.3 Å². The standard InChI is InChI=1S/C31H41N3O3/c1-22(2)19-28(29(35)21-34-18-10-15-23-11-6-7-14-25(23)20-34)33-31(37)26-16-8-9-17-27(26)32-30(36)24-12-4-3-5-13-24/h3-7,11-14,22,26-28H,8-10,15-21H2,1-2H3,(H,32,36)(H,33,37)/t26-,27+,28-/m1/s1. The Morgan fingerprint density at radius 2 is 1.62 bits per heavy atom. The van der Waals surface area contributed by atoms with Gasteiger partial charge in [-0.05, 0) is 67.8 Å². The Morgan fingerprint density at radius 1 is 0.919 bits per heavy atom. The highest BCUT2D eigenvalue weighted by Crippen LogP contribution is 2.26. The summed E-state index contributed by atoms with van der Waals surface area (Å²) in [5, 5.41) is 6.22. The molecular weight excluding hydrogens is 462 g/mol. The van der Waals surface area contributed by atoms with E-state index in [1.807, 2.05) is 18.2 Å². The SMILES string of the molecule is CC(C)C[C@@H](NC(=O)[C@@H]1CCCC[C@@H]1NC(=O)c1ccccc1)C(=O)CN1CCCc2ccccc2C1. The summed E-state index contributed by atoms with van der Waals surface area (Å²) in [5.41, 5.74) is 3.25. The highest BCUT2D eigenvalue weighted by molar-refractivity contribution is 5.95. The minimum Gasteiger partial charge on any atom is -0.349 e. The second-order valence-electron chi connectivity index (χ2n) is 11.1. The van der Waals surface area contributed by atoms with E-state index in [9.17, 15) is 14.4 Å². The molecule has 37 heavy (non-hydrogen) atoms. The van der Waals surface area contributed by atoms with Crippen LogP contribution in [0.2, 0.25) is 0 Å². The number of carbonyl (C=O) groups is 3. The molecule has 2 N–H and O–H groups in total. The zero-order valence-electron chi connectivity index (χ0n) is 22.2. The molecule has 1 heterocycles. The molecule has 3 atom stereocenters. The van der Waals surface area contributed by atoms with Crippen molar-refractivity contribution in [2.24, 2.45) is 11.8 Å². The van der Waals surface area contributed by atoms with Crippen LogP contribution in [-0.4, -0.2) is 47.7 Å². The maximum Gasteiger partial charge on any atom is 0.251 e. The molecular formula is C31H41N3O3. The Balaban J connectivity index is 1.40. The number of nitrogens with one attached hydrogen (secondary N) is 2. The van der Waals surface area contributed by atoms with E-state index in [0.717, 1.165) is 51.6 Å². The third-order valence-corrected chi connectivity index (χ3v) is 7.68. The zero-order chi connectivity index (χ0) is 26.2. The predicted molar refractivity (Wildman–Crippen MR) is 146 cm³/mol. The maximum absolute atomic E-state index is 13.5. The zero-order valence-corrected chi connectivity index (χ0v) is 22.2. The second kappa shape index (κ2) is 13.0. The smallest absolute Gasteiger partial charge is 0.251 e. The molecule has 198 valence electrons. The van der Waals surface area contributed by atoms with Crippen LogP contribution in [0, 0.1) is 11.8 Å². The third-order valence-electron chi connectivity index (χ3n) is 7.68. The van der Waals surface area contributed by atoms with Gasteiger partial charge in [0.15, 0.2) is 5.78 Å². The number of nitrogens with zero attached hydrogens (tertiary/aromatic N) is 1. The van der Waals surface area contributed by atoms with E-state index in [2.05, 4.69) is 53.6 Å². The Bertz CT molecular complexity index is 1070. The number of Topliss-reactive ketones (excluding diaryl/α,β-unsaturated/α-hetero) is 1. The monoisotopic (exact) mass is 503 g/mol. The molecule has 0 saturated heterocycles. The number of amides is 2. The number of hydrogen-bond acceptors (Lipinski definition) is 4. The van der Waals surface area contributed by atoms with Crippen LogP contribution >= 0.6 is 0 Å². The second-order valence-corrected chi connectivity index (χ2v) is 11.1. The topological polar surface area (TPSA) is 78.5 Å². The van der Waals surface area contributed by atoms with Gasteiger partial charge < -0.3 is 10.6 Å². The van der Waals surface area contributed by atoms with E-state index >= 15 is 0 Å². The van der Waals surface area contributed by atoms with Gasteiger partial charge in [0.25, 0.3) is 5.91 Å². The van der Waals surface area contributed by atoms with Gasteiger partial charge in [-0.2, -0.15) is 0 Å². The number of rotatable bonds is 9. The van der Waals surface area contributed by atoms with Crippen molar-refractivity contribution in [2.45, 2.75) is 77.4 Å². The third kappa shape index (κ3) is 7.51. The lowest BCUT2D eigenvalue weighted by molar-refractivity contribution is -0.132. The van der Waals surface area contributed by atoms with E-state index in [0.29, 0.717) is 18.5 Å². The van der Waals surface area contributed by atoms with Crippen molar-refractivity contribution in [2.75, 3.05) is 13.1 Å². The molecule has 0 unspecified atom stereocenters. The fourth-order valence-corrected chi connectivity index (χ4v) is 5.71. The van der Waals surface area contributed by atoms with Gasteiger partial charge in [0.05, 0.1) is 18.5 Å². The fraction of sp³-hybridized carbons (Fsp3) is 0.516. The minimum atomic E-state index is -0.515. The first-order valence-electron chi connectivity index (χ1n) is 13.9. The number of fused-ring (bicyclic) bond motifs is 1. The molecule has 2 amide bonds. The van der Waals surface area contributed by atoms with E-state index in [-0.39, 0.29) is 35.5 Å². The van der Waals surface area contributed by atoms with Crippen LogP contribution in [0.4, 0.5) is 0 Å². The first-order chi connectivity index (χ1) is 17.9. The van der Waals surface area contributed by atoms with Crippen LogP contribution in [0.1, 0.15) is 73.9 Å². The Hall–Kier alpha value is -2.99. The number of aryl methyl sites for hydroxylation is 1. The van der Waals surface area contributed by atoms with E-state index in [1.54, 1.807) is 12.1 Å². The molecule has 1 saturated carbocycles. The van der Waals surface area contributed by atoms with Gasteiger partial charge in [-0.25, -0.2) is 0 Å². The lowest BCUT2D eigenvalue weighted by Crippen LogP contribution is -2.53. The molecule has 0 radical (unpaired) electrons. The molecule has 6 nitrogen and oxygen atoms in total. The fourth-order valence-electron chi connectivity index (χ4n) is 5.71. The van der Waals surface area contributed by atoms with Gasteiger partial charge in [-0.3, -0.25) is 19.3 Å². The number of hydrogen-bond donors (Lipinski definition) is 2. The quantitative estimate of drug-likeness (QED) is 0.527. The molecule has 2 aromatic rings. The molecule has 1 fully saturated rings. The van der Waals surface area contributed by atoms with Crippen molar-refractivity contribution in [3.8, 4) is 0 Å². The van der Waals surface area contributed by atoms with Crippen LogP contribution in [0.5, 0.6) is 0 Å². The summed E-state index contributed by atoms with van der Waals surface area (Å²) in [4.78, 5) is 42.0. The molecule has 2 aromatic carbocycles. The van der Waals surface area contributed by atoms with Crippen LogP contribution in [0.15, 0.2) is 54.6 Å².